The van der Waals surface area contributed by atoms with Crippen LogP contribution in [0.4, 0.5) is 10.1 Å². The van der Waals surface area contributed by atoms with Gasteiger partial charge in [0.15, 0.2) is 0 Å². The second-order valence-electron chi connectivity index (χ2n) is 4.20. The average molecular weight is 328 g/mol. The van der Waals surface area contributed by atoms with Crippen LogP contribution >= 0.6 is 23.2 Å². The van der Waals surface area contributed by atoms with Crippen molar-refractivity contribution in [2.24, 2.45) is 0 Å². The quantitative estimate of drug-likeness (QED) is 0.875. The number of carbonyl (C=O) groups excluding carboxylic acids is 1. The number of anilines is 1. The third-order valence-electron chi connectivity index (χ3n) is 2.64. The number of ether oxygens (including phenoxy) is 1. The molecule has 6 heteroatoms. The monoisotopic (exact) mass is 327 g/mol. The predicted molar refractivity (Wildman–Crippen MR) is 81.6 cm³/mol. The number of hydrogen-bond acceptors (Lipinski definition) is 2. The molecule has 2 aromatic rings. The van der Waals surface area contributed by atoms with Crippen molar-refractivity contribution in [3.05, 3.63) is 58.3 Å². The SMILES string of the molecule is O=C(CCOc1ccc(F)cc1)Nc1cccc(Cl)c1Cl. The molecular weight excluding hydrogens is 316 g/mol. The van der Waals surface area contributed by atoms with Gasteiger partial charge in [0, 0.05) is 0 Å². The van der Waals surface area contributed by atoms with Gasteiger partial charge in [-0.1, -0.05) is 29.3 Å². The maximum Gasteiger partial charge on any atom is 0.227 e. The topological polar surface area (TPSA) is 38.3 Å². The van der Waals surface area contributed by atoms with Crippen molar-refractivity contribution in [3.63, 3.8) is 0 Å². The Kier molecular flexibility index (Phi) is 5.42. The summed E-state index contributed by atoms with van der Waals surface area (Å²) in [6, 6.07) is 10.6. The molecule has 0 heterocycles. The minimum absolute atomic E-state index is 0.139. The molecule has 1 N–H and O–H groups in total. The van der Waals surface area contributed by atoms with Crippen molar-refractivity contribution in [3.8, 4) is 5.75 Å². The molecule has 1 amide bonds. The second kappa shape index (κ2) is 7.29. The van der Waals surface area contributed by atoms with Gasteiger partial charge in [-0.25, -0.2) is 4.39 Å². The molecule has 0 bridgehead atoms. The first-order valence-electron chi connectivity index (χ1n) is 6.18. The van der Waals surface area contributed by atoms with E-state index >= 15 is 0 Å². The zero-order chi connectivity index (χ0) is 15.2. The van der Waals surface area contributed by atoms with E-state index in [0.717, 1.165) is 0 Å². The van der Waals surface area contributed by atoms with Crippen LogP contribution in [-0.2, 0) is 4.79 Å². The summed E-state index contributed by atoms with van der Waals surface area (Å²) in [7, 11) is 0. The zero-order valence-corrected chi connectivity index (χ0v) is 12.4. The lowest BCUT2D eigenvalue weighted by Crippen LogP contribution is -2.15. The standard InChI is InChI=1S/C15H12Cl2FNO2/c16-12-2-1-3-13(15(12)17)19-14(20)8-9-21-11-6-4-10(18)5-7-11/h1-7H,8-9H2,(H,19,20). The van der Waals surface area contributed by atoms with Crippen LogP contribution in [0.1, 0.15) is 6.42 Å². The fraction of sp³-hybridized carbons (Fsp3) is 0.133. The minimum Gasteiger partial charge on any atom is -0.493 e. The summed E-state index contributed by atoms with van der Waals surface area (Å²) in [4.78, 5) is 11.8. The van der Waals surface area contributed by atoms with E-state index in [1.807, 2.05) is 0 Å². The van der Waals surface area contributed by atoms with Gasteiger partial charge in [-0.2, -0.15) is 0 Å². The van der Waals surface area contributed by atoms with Crippen LogP contribution in [0.5, 0.6) is 5.75 Å². The molecule has 0 unspecified atom stereocenters. The summed E-state index contributed by atoms with van der Waals surface area (Å²) in [5.74, 6) is -0.0815. The molecule has 0 aliphatic rings. The summed E-state index contributed by atoms with van der Waals surface area (Å²) in [6.45, 7) is 0.176. The fourth-order valence-electron chi connectivity index (χ4n) is 1.61. The molecule has 2 aromatic carbocycles. The van der Waals surface area contributed by atoms with Crippen LogP contribution in [0.15, 0.2) is 42.5 Å². The highest BCUT2D eigenvalue weighted by molar-refractivity contribution is 6.43. The molecule has 0 atom stereocenters. The van der Waals surface area contributed by atoms with Gasteiger partial charge in [-0.3, -0.25) is 4.79 Å². The maximum absolute atomic E-state index is 12.7. The molecule has 0 saturated carbocycles. The molecule has 21 heavy (non-hydrogen) atoms. The lowest BCUT2D eigenvalue weighted by molar-refractivity contribution is -0.116. The minimum atomic E-state index is -0.337. The van der Waals surface area contributed by atoms with E-state index in [1.165, 1.54) is 24.3 Å². The van der Waals surface area contributed by atoms with Gasteiger partial charge in [0.2, 0.25) is 5.91 Å². The summed E-state index contributed by atoms with van der Waals surface area (Å²) >= 11 is 11.8. The van der Waals surface area contributed by atoms with E-state index in [1.54, 1.807) is 18.2 Å². The third-order valence-corrected chi connectivity index (χ3v) is 3.46. The van der Waals surface area contributed by atoms with E-state index < -0.39 is 0 Å². The van der Waals surface area contributed by atoms with Gasteiger partial charge in [0.1, 0.15) is 11.6 Å². The number of benzene rings is 2. The number of hydrogen-bond donors (Lipinski definition) is 1. The van der Waals surface area contributed by atoms with E-state index in [9.17, 15) is 9.18 Å². The molecule has 0 fully saturated rings. The summed E-state index contributed by atoms with van der Waals surface area (Å²) < 4.78 is 18.0. The second-order valence-corrected chi connectivity index (χ2v) is 4.99. The van der Waals surface area contributed by atoms with Crippen molar-refractivity contribution in [2.75, 3.05) is 11.9 Å². The van der Waals surface area contributed by atoms with Gasteiger partial charge in [-0.05, 0) is 36.4 Å². The van der Waals surface area contributed by atoms with Gasteiger partial charge >= 0.3 is 0 Å². The molecule has 0 aliphatic heterocycles. The van der Waals surface area contributed by atoms with Gasteiger partial charge < -0.3 is 10.1 Å². The normalized spacial score (nSPS) is 10.2. The Bertz CT molecular complexity index is 632. The highest BCUT2D eigenvalue weighted by Gasteiger charge is 2.08. The number of carbonyl (C=O) groups is 1. The van der Waals surface area contributed by atoms with Crippen molar-refractivity contribution < 1.29 is 13.9 Å². The zero-order valence-electron chi connectivity index (χ0n) is 10.9. The molecule has 0 aliphatic carbocycles. The first-order chi connectivity index (χ1) is 10.1. The molecule has 3 nitrogen and oxygen atoms in total. The Morgan fingerprint density at radius 3 is 2.57 bits per heavy atom. The highest BCUT2D eigenvalue weighted by Crippen LogP contribution is 2.29. The van der Waals surface area contributed by atoms with E-state index in [4.69, 9.17) is 27.9 Å². The maximum atomic E-state index is 12.7. The fourth-order valence-corrected chi connectivity index (χ4v) is 1.95. The van der Waals surface area contributed by atoms with Gasteiger partial charge in [0.05, 0.1) is 28.8 Å². The van der Waals surface area contributed by atoms with Crippen LogP contribution < -0.4 is 10.1 Å². The lowest BCUT2D eigenvalue weighted by atomic mass is 10.3. The molecule has 0 radical (unpaired) electrons. The highest BCUT2D eigenvalue weighted by atomic mass is 35.5. The van der Waals surface area contributed by atoms with Gasteiger partial charge in [0.25, 0.3) is 0 Å². The predicted octanol–water partition coefficient (Wildman–Crippen LogP) is 4.54. The van der Waals surface area contributed by atoms with E-state index in [0.29, 0.717) is 21.5 Å². The summed E-state index contributed by atoms with van der Waals surface area (Å²) in [5, 5.41) is 3.32. The van der Waals surface area contributed by atoms with Crippen LogP contribution in [0, 0.1) is 5.82 Å². The van der Waals surface area contributed by atoms with E-state index in [-0.39, 0.29) is 24.8 Å². The number of nitrogens with one attached hydrogen (secondary N) is 1. The van der Waals surface area contributed by atoms with Crippen molar-refractivity contribution in [2.45, 2.75) is 6.42 Å². The van der Waals surface area contributed by atoms with Crippen LogP contribution in [0.25, 0.3) is 0 Å². The molecule has 0 saturated heterocycles. The van der Waals surface area contributed by atoms with Crippen molar-refractivity contribution in [1.82, 2.24) is 0 Å². The molecule has 0 spiro atoms. The third kappa shape index (κ3) is 4.62. The number of amides is 1. The van der Waals surface area contributed by atoms with E-state index in [2.05, 4.69) is 5.32 Å². The Hall–Kier alpha value is -1.78. The van der Waals surface area contributed by atoms with Crippen molar-refractivity contribution >= 4 is 34.8 Å². The number of halogens is 3. The Labute approximate surface area is 131 Å². The average Bonchev–Trinajstić information content (AvgIpc) is 2.46. The van der Waals surface area contributed by atoms with Gasteiger partial charge in [-0.15, -0.1) is 0 Å². The Morgan fingerprint density at radius 1 is 1.14 bits per heavy atom. The number of rotatable bonds is 5. The van der Waals surface area contributed by atoms with Crippen LogP contribution in [0.2, 0.25) is 10.0 Å². The Morgan fingerprint density at radius 2 is 1.86 bits per heavy atom. The summed E-state index contributed by atoms with van der Waals surface area (Å²) in [5.41, 5.74) is 0.455. The largest absolute Gasteiger partial charge is 0.493 e. The molecule has 2 rings (SSSR count). The molecular formula is C15H12Cl2FNO2. The molecule has 0 aromatic heterocycles. The molecule has 110 valence electrons. The van der Waals surface area contributed by atoms with Crippen LogP contribution in [-0.4, -0.2) is 12.5 Å². The lowest BCUT2D eigenvalue weighted by Gasteiger charge is -2.09. The smallest absolute Gasteiger partial charge is 0.227 e. The van der Waals surface area contributed by atoms with Crippen molar-refractivity contribution in [1.29, 1.82) is 0 Å². The van der Waals surface area contributed by atoms with Crippen LogP contribution in [0.3, 0.4) is 0 Å². The summed E-state index contributed by atoms with van der Waals surface area (Å²) in [6.07, 6.45) is 0.139. The Balaban J connectivity index is 1.82. The first-order valence-corrected chi connectivity index (χ1v) is 6.94. The first kappa shape index (κ1) is 15.6.